The van der Waals surface area contributed by atoms with E-state index in [1.54, 1.807) is 0 Å². The number of carbonyl (C=O) groups is 1. The van der Waals surface area contributed by atoms with Gasteiger partial charge in [-0.25, -0.2) is 0 Å². The second kappa shape index (κ2) is 8.95. The lowest BCUT2D eigenvalue weighted by Gasteiger charge is -2.22. The zero-order chi connectivity index (χ0) is 17.3. The van der Waals surface area contributed by atoms with E-state index in [9.17, 15) is 4.79 Å². The van der Waals surface area contributed by atoms with Crippen LogP contribution >= 0.6 is 0 Å². The van der Waals surface area contributed by atoms with E-state index in [0.29, 0.717) is 6.42 Å². The normalized spacial score (nSPS) is 10.8. The Morgan fingerprint density at radius 2 is 1.08 bits per heavy atom. The number of hydrogen-bond donors (Lipinski definition) is 0. The van der Waals surface area contributed by atoms with E-state index in [4.69, 9.17) is 0 Å². The monoisotopic (exact) mass is 329 g/mol. The summed E-state index contributed by atoms with van der Waals surface area (Å²) in [4.78, 5) is 14.8. The van der Waals surface area contributed by atoms with Gasteiger partial charge in [-0.3, -0.25) is 9.69 Å². The summed E-state index contributed by atoms with van der Waals surface area (Å²) in [5.74, 6) is 0.201. The molecule has 2 heteroatoms. The highest BCUT2D eigenvalue weighted by molar-refractivity contribution is 5.96. The quantitative estimate of drug-likeness (QED) is 0.544. The first kappa shape index (κ1) is 17.1. The van der Waals surface area contributed by atoms with Crippen LogP contribution in [0.25, 0.3) is 0 Å². The van der Waals surface area contributed by atoms with Gasteiger partial charge < -0.3 is 0 Å². The number of rotatable bonds is 8. The van der Waals surface area contributed by atoms with Crippen LogP contribution in [0, 0.1) is 0 Å². The Kier molecular flexibility index (Phi) is 6.13. The van der Waals surface area contributed by atoms with Crippen molar-refractivity contribution < 1.29 is 4.79 Å². The Morgan fingerprint density at radius 1 is 0.640 bits per heavy atom. The first-order valence-electron chi connectivity index (χ1n) is 8.70. The van der Waals surface area contributed by atoms with Crippen molar-refractivity contribution in [2.75, 3.05) is 6.54 Å². The van der Waals surface area contributed by atoms with E-state index in [-0.39, 0.29) is 5.78 Å². The number of benzene rings is 3. The molecule has 0 bridgehead atoms. The SMILES string of the molecule is O=C(CCN(Cc1ccccc1)Cc1ccccc1)c1ccccc1. The summed E-state index contributed by atoms with van der Waals surface area (Å²) >= 11 is 0. The standard InChI is InChI=1S/C23H23NO/c25-23(22-14-8-3-9-15-22)16-17-24(18-20-10-4-1-5-11-20)19-21-12-6-2-7-13-21/h1-15H,16-19H2. The Balaban J connectivity index is 1.66. The van der Waals surface area contributed by atoms with E-state index < -0.39 is 0 Å². The van der Waals surface area contributed by atoms with Gasteiger partial charge in [0.25, 0.3) is 0 Å². The summed E-state index contributed by atoms with van der Waals surface area (Å²) in [6.45, 7) is 2.44. The zero-order valence-corrected chi connectivity index (χ0v) is 14.3. The highest BCUT2D eigenvalue weighted by Crippen LogP contribution is 2.12. The largest absolute Gasteiger partial charge is 0.294 e. The molecule has 25 heavy (non-hydrogen) atoms. The minimum atomic E-state index is 0.201. The summed E-state index contributed by atoms with van der Waals surface area (Å²) in [5.41, 5.74) is 3.33. The van der Waals surface area contributed by atoms with Crippen LogP contribution in [-0.4, -0.2) is 17.2 Å². The summed E-state index contributed by atoms with van der Waals surface area (Å²) < 4.78 is 0. The lowest BCUT2D eigenvalue weighted by atomic mass is 10.1. The second-order valence-electron chi connectivity index (χ2n) is 6.22. The predicted octanol–water partition coefficient (Wildman–Crippen LogP) is 4.96. The molecule has 0 spiro atoms. The average Bonchev–Trinajstić information content (AvgIpc) is 2.68. The molecule has 3 aromatic carbocycles. The lowest BCUT2D eigenvalue weighted by Crippen LogP contribution is -2.25. The first-order chi connectivity index (χ1) is 12.3. The van der Waals surface area contributed by atoms with Crippen LogP contribution in [0.1, 0.15) is 27.9 Å². The zero-order valence-electron chi connectivity index (χ0n) is 14.3. The van der Waals surface area contributed by atoms with Gasteiger partial charge in [-0.1, -0.05) is 91.0 Å². The number of hydrogen-bond acceptors (Lipinski definition) is 2. The van der Waals surface area contributed by atoms with Gasteiger partial charge in [-0.15, -0.1) is 0 Å². The van der Waals surface area contributed by atoms with Crippen molar-refractivity contribution in [3.63, 3.8) is 0 Å². The molecule has 0 aliphatic heterocycles. The molecule has 0 saturated heterocycles. The highest BCUT2D eigenvalue weighted by Gasteiger charge is 2.11. The summed E-state index contributed by atoms with van der Waals surface area (Å²) in [5, 5.41) is 0. The van der Waals surface area contributed by atoms with Gasteiger partial charge in [-0.05, 0) is 11.1 Å². The van der Waals surface area contributed by atoms with E-state index in [0.717, 1.165) is 25.2 Å². The molecule has 3 aromatic rings. The first-order valence-corrected chi connectivity index (χ1v) is 8.70. The molecule has 0 aromatic heterocycles. The van der Waals surface area contributed by atoms with Crippen molar-refractivity contribution >= 4 is 5.78 Å². The fraction of sp³-hybridized carbons (Fsp3) is 0.174. The molecule has 0 saturated carbocycles. The van der Waals surface area contributed by atoms with E-state index in [1.165, 1.54) is 11.1 Å². The topological polar surface area (TPSA) is 20.3 Å². The molecule has 0 heterocycles. The molecular weight excluding hydrogens is 306 g/mol. The van der Waals surface area contributed by atoms with Gasteiger partial charge in [0.2, 0.25) is 0 Å². The highest BCUT2D eigenvalue weighted by atomic mass is 16.1. The van der Waals surface area contributed by atoms with Gasteiger partial charge in [0, 0.05) is 31.6 Å². The molecule has 0 fully saturated rings. The van der Waals surface area contributed by atoms with Gasteiger partial charge in [0.15, 0.2) is 5.78 Å². The van der Waals surface area contributed by atoms with Gasteiger partial charge in [0.05, 0.1) is 0 Å². The minimum Gasteiger partial charge on any atom is -0.294 e. The maximum atomic E-state index is 12.4. The number of ketones is 1. The Hall–Kier alpha value is -2.71. The molecule has 126 valence electrons. The molecule has 0 amide bonds. The number of Topliss-reactive ketones (excluding diaryl/α,β-unsaturated/α-hetero) is 1. The van der Waals surface area contributed by atoms with Crippen LogP contribution < -0.4 is 0 Å². The molecule has 0 aliphatic rings. The van der Waals surface area contributed by atoms with Gasteiger partial charge in [-0.2, -0.15) is 0 Å². The second-order valence-corrected chi connectivity index (χ2v) is 6.22. The number of carbonyl (C=O) groups excluding carboxylic acids is 1. The van der Waals surface area contributed by atoms with Crippen molar-refractivity contribution in [1.82, 2.24) is 4.90 Å². The van der Waals surface area contributed by atoms with E-state index in [2.05, 4.69) is 53.4 Å². The summed E-state index contributed by atoms with van der Waals surface area (Å²) in [7, 11) is 0. The third-order valence-corrected chi connectivity index (χ3v) is 4.25. The van der Waals surface area contributed by atoms with Crippen molar-refractivity contribution in [3.05, 3.63) is 108 Å². The fourth-order valence-electron chi connectivity index (χ4n) is 2.93. The Morgan fingerprint density at radius 3 is 1.56 bits per heavy atom. The van der Waals surface area contributed by atoms with Crippen LogP contribution in [0.15, 0.2) is 91.0 Å². The lowest BCUT2D eigenvalue weighted by molar-refractivity contribution is 0.0960. The molecule has 0 radical (unpaired) electrons. The molecule has 0 N–H and O–H groups in total. The smallest absolute Gasteiger partial charge is 0.164 e. The van der Waals surface area contributed by atoms with Crippen LogP contribution in [0.5, 0.6) is 0 Å². The van der Waals surface area contributed by atoms with Crippen molar-refractivity contribution in [3.8, 4) is 0 Å². The van der Waals surface area contributed by atoms with Gasteiger partial charge in [0.1, 0.15) is 0 Å². The molecular formula is C23H23NO. The Labute approximate surface area is 149 Å². The van der Waals surface area contributed by atoms with Crippen LogP contribution in [-0.2, 0) is 13.1 Å². The van der Waals surface area contributed by atoms with Crippen molar-refractivity contribution in [2.24, 2.45) is 0 Å². The maximum absolute atomic E-state index is 12.4. The van der Waals surface area contributed by atoms with Crippen LogP contribution in [0.4, 0.5) is 0 Å². The third kappa shape index (κ3) is 5.40. The third-order valence-electron chi connectivity index (χ3n) is 4.25. The predicted molar refractivity (Wildman–Crippen MR) is 102 cm³/mol. The van der Waals surface area contributed by atoms with E-state index in [1.807, 2.05) is 42.5 Å². The molecule has 0 atom stereocenters. The molecule has 3 rings (SSSR count). The average molecular weight is 329 g/mol. The van der Waals surface area contributed by atoms with Crippen LogP contribution in [0.3, 0.4) is 0 Å². The fourth-order valence-corrected chi connectivity index (χ4v) is 2.93. The molecule has 0 unspecified atom stereocenters. The minimum absolute atomic E-state index is 0.201. The van der Waals surface area contributed by atoms with E-state index >= 15 is 0 Å². The van der Waals surface area contributed by atoms with Gasteiger partial charge >= 0.3 is 0 Å². The molecule has 2 nitrogen and oxygen atoms in total. The number of nitrogens with zero attached hydrogens (tertiary/aromatic N) is 1. The van der Waals surface area contributed by atoms with Crippen molar-refractivity contribution in [2.45, 2.75) is 19.5 Å². The van der Waals surface area contributed by atoms with Crippen LogP contribution in [0.2, 0.25) is 0 Å². The molecule has 0 aliphatic carbocycles. The van der Waals surface area contributed by atoms with Crippen molar-refractivity contribution in [1.29, 1.82) is 0 Å². The Bertz CT molecular complexity index is 727. The summed E-state index contributed by atoms with van der Waals surface area (Å²) in [6.07, 6.45) is 0.531. The maximum Gasteiger partial charge on any atom is 0.164 e. The summed E-state index contributed by atoms with van der Waals surface area (Å²) in [6, 6.07) is 30.4.